The molecule has 9 heavy (non-hydrogen) atoms. The van der Waals surface area contributed by atoms with Gasteiger partial charge in [-0.25, -0.2) is 4.99 Å². The zero-order valence-electron chi connectivity index (χ0n) is 4.37. The van der Waals surface area contributed by atoms with Gasteiger partial charge in [-0.15, -0.1) is 0 Å². The van der Waals surface area contributed by atoms with Crippen LogP contribution < -0.4 is 0 Å². The molecule has 1 rings (SSSR count). The molecule has 0 aromatic heterocycles. The first-order valence-electron chi connectivity index (χ1n) is 2.27. The molecule has 0 fully saturated rings. The van der Waals surface area contributed by atoms with E-state index in [0.717, 1.165) is 0 Å². The molecule has 0 radical (unpaired) electrons. The predicted molar refractivity (Wildman–Crippen MR) is 36.1 cm³/mol. The Morgan fingerprint density at radius 3 is 2.78 bits per heavy atom. The Balaban J connectivity index is 2.85. The largest absolute Gasteiger partial charge is 0.283 e. The molecule has 0 saturated carbocycles. The Morgan fingerprint density at radius 2 is 2.56 bits per heavy atom. The summed E-state index contributed by atoms with van der Waals surface area (Å²) in [4.78, 5) is 13.3. The van der Waals surface area contributed by atoms with Gasteiger partial charge in [-0.1, -0.05) is 0 Å². The van der Waals surface area contributed by atoms with Gasteiger partial charge in [-0.05, 0) is 15.9 Å². The number of hydrogen-bond donors (Lipinski definition) is 0. The van der Waals surface area contributed by atoms with Crippen LogP contribution in [-0.2, 0) is 0 Å². The van der Waals surface area contributed by atoms with E-state index in [1.165, 1.54) is 6.21 Å². The quantitative estimate of drug-likeness (QED) is 0.356. The number of rotatable bonds is 1. The predicted octanol–water partition coefficient (Wildman–Crippen LogP) is 1.30. The van der Waals surface area contributed by atoms with Crippen molar-refractivity contribution in [3.63, 3.8) is 0 Å². The van der Waals surface area contributed by atoms with E-state index < -0.39 is 4.92 Å². The zero-order chi connectivity index (χ0) is 6.85. The van der Waals surface area contributed by atoms with Gasteiger partial charge >= 0.3 is 0 Å². The highest BCUT2D eigenvalue weighted by Gasteiger charge is 2.18. The third-order valence-electron chi connectivity index (χ3n) is 0.948. The molecular formula is C4H3BrN2O2. The Labute approximate surface area is 59.6 Å². The van der Waals surface area contributed by atoms with Crippen molar-refractivity contribution in [2.24, 2.45) is 4.99 Å². The van der Waals surface area contributed by atoms with E-state index in [1.807, 2.05) is 0 Å². The van der Waals surface area contributed by atoms with Crippen LogP contribution in [0.5, 0.6) is 0 Å². The SMILES string of the molecule is O=[N+]([O-])C1=C(Br)N=CC1. The van der Waals surface area contributed by atoms with E-state index in [1.54, 1.807) is 0 Å². The summed E-state index contributed by atoms with van der Waals surface area (Å²) in [5.74, 6) is 0. The lowest BCUT2D eigenvalue weighted by Crippen LogP contribution is -1.96. The maximum atomic E-state index is 10.0. The monoisotopic (exact) mass is 190 g/mol. The Bertz CT molecular complexity index is 209. The minimum atomic E-state index is -0.433. The molecule has 0 N–H and O–H groups in total. The lowest BCUT2D eigenvalue weighted by molar-refractivity contribution is -0.426. The second-order valence-electron chi connectivity index (χ2n) is 1.51. The van der Waals surface area contributed by atoms with Crippen LogP contribution >= 0.6 is 15.9 Å². The fourth-order valence-electron chi connectivity index (χ4n) is 0.521. The van der Waals surface area contributed by atoms with Gasteiger partial charge in [0.1, 0.15) is 0 Å². The van der Waals surface area contributed by atoms with E-state index in [4.69, 9.17) is 0 Å². The molecule has 0 saturated heterocycles. The maximum absolute atomic E-state index is 10.0. The molecule has 0 bridgehead atoms. The van der Waals surface area contributed by atoms with Crippen LogP contribution in [0.3, 0.4) is 0 Å². The van der Waals surface area contributed by atoms with Gasteiger partial charge in [-0.2, -0.15) is 0 Å². The van der Waals surface area contributed by atoms with E-state index in [9.17, 15) is 10.1 Å². The van der Waals surface area contributed by atoms with Gasteiger partial charge in [0.2, 0.25) is 0 Å². The number of halogens is 1. The molecule has 1 heterocycles. The minimum Gasteiger partial charge on any atom is -0.259 e. The summed E-state index contributed by atoms with van der Waals surface area (Å²) in [6, 6.07) is 0. The lowest BCUT2D eigenvalue weighted by atomic mass is 10.4. The highest BCUT2D eigenvalue weighted by molar-refractivity contribution is 9.11. The fraction of sp³-hybridized carbons (Fsp3) is 0.250. The van der Waals surface area contributed by atoms with Crippen molar-refractivity contribution < 1.29 is 4.92 Å². The smallest absolute Gasteiger partial charge is 0.259 e. The molecule has 0 aromatic carbocycles. The first kappa shape index (κ1) is 6.41. The summed E-state index contributed by atoms with van der Waals surface area (Å²) < 4.78 is 0.340. The van der Waals surface area contributed by atoms with Crippen molar-refractivity contribution in [3.8, 4) is 0 Å². The van der Waals surface area contributed by atoms with Crippen LogP contribution in [0, 0.1) is 10.1 Å². The first-order chi connectivity index (χ1) is 4.22. The average molecular weight is 191 g/mol. The van der Waals surface area contributed by atoms with Crippen molar-refractivity contribution in [2.45, 2.75) is 6.42 Å². The van der Waals surface area contributed by atoms with Crippen molar-refractivity contribution in [3.05, 3.63) is 20.4 Å². The number of allylic oxidation sites excluding steroid dienone is 1. The van der Waals surface area contributed by atoms with Crippen LogP contribution in [0.25, 0.3) is 0 Å². The molecular weight excluding hydrogens is 188 g/mol. The van der Waals surface area contributed by atoms with Crippen molar-refractivity contribution in [1.29, 1.82) is 0 Å². The standard InChI is InChI=1S/C4H3BrN2O2/c5-4-3(7(8)9)1-2-6-4/h2H,1H2. The Hall–Kier alpha value is -0.710. The summed E-state index contributed by atoms with van der Waals surface area (Å²) in [5.41, 5.74) is 0.134. The van der Waals surface area contributed by atoms with Gasteiger partial charge in [0.25, 0.3) is 5.70 Å². The van der Waals surface area contributed by atoms with Gasteiger partial charge in [-0.3, -0.25) is 10.1 Å². The molecule has 0 atom stereocenters. The number of nitrogens with zero attached hydrogens (tertiary/aromatic N) is 2. The van der Waals surface area contributed by atoms with Crippen LogP contribution in [0.4, 0.5) is 0 Å². The van der Waals surface area contributed by atoms with Crippen LogP contribution in [0.2, 0.25) is 0 Å². The number of aliphatic imine (C=N–C) groups is 1. The Kier molecular flexibility index (Phi) is 1.61. The van der Waals surface area contributed by atoms with Gasteiger partial charge in [0, 0.05) is 6.21 Å². The fourth-order valence-corrected chi connectivity index (χ4v) is 0.972. The average Bonchev–Trinajstić information content (AvgIpc) is 2.13. The van der Waals surface area contributed by atoms with E-state index in [0.29, 0.717) is 11.0 Å². The molecule has 0 amide bonds. The first-order valence-corrected chi connectivity index (χ1v) is 3.06. The Morgan fingerprint density at radius 1 is 1.89 bits per heavy atom. The van der Waals surface area contributed by atoms with Gasteiger partial charge < -0.3 is 0 Å². The molecule has 1 aliphatic rings. The lowest BCUT2D eigenvalue weighted by Gasteiger charge is -1.86. The third kappa shape index (κ3) is 1.16. The zero-order valence-corrected chi connectivity index (χ0v) is 5.96. The third-order valence-corrected chi connectivity index (χ3v) is 1.61. The number of nitro groups is 1. The summed E-state index contributed by atoms with van der Waals surface area (Å²) in [6.07, 6.45) is 1.83. The second-order valence-corrected chi connectivity index (χ2v) is 2.26. The van der Waals surface area contributed by atoms with Crippen LogP contribution in [-0.4, -0.2) is 11.1 Å². The normalized spacial score (nSPS) is 17.0. The number of hydrogen-bond acceptors (Lipinski definition) is 3. The summed E-state index contributed by atoms with van der Waals surface area (Å²) in [5, 5.41) is 10.0. The maximum Gasteiger partial charge on any atom is 0.283 e. The van der Waals surface area contributed by atoms with E-state index in [-0.39, 0.29) is 5.70 Å². The van der Waals surface area contributed by atoms with Crippen LogP contribution in [0.15, 0.2) is 15.3 Å². The molecule has 0 spiro atoms. The summed E-state index contributed by atoms with van der Waals surface area (Å²) >= 11 is 2.95. The van der Waals surface area contributed by atoms with E-state index >= 15 is 0 Å². The molecule has 1 aliphatic heterocycles. The summed E-state index contributed by atoms with van der Waals surface area (Å²) in [6.45, 7) is 0. The van der Waals surface area contributed by atoms with Crippen molar-refractivity contribution >= 4 is 22.1 Å². The van der Waals surface area contributed by atoms with Gasteiger partial charge in [0.15, 0.2) is 4.61 Å². The minimum absolute atomic E-state index is 0.134. The molecule has 5 heteroatoms. The highest BCUT2D eigenvalue weighted by atomic mass is 79.9. The van der Waals surface area contributed by atoms with E-state index in [2.05, 4.69) is 20.9 Å². The van der Waals surface area contributed by atoms with Gasteiger partial charge in [0.05, 0.1) is 11.3 Å². The summed E-state index contributed by atoms with van der Waals surface area (Å²) in [7, 11) is 0. The molecule has 0 unspecified atom stereocenters. The van der Waals surface area contributed by atoms with Crippen molar-refractivity contribution in [1.82, 2.24) is 0 Å². The molecule has 0 aliphatic carbocycles. The van der Waals surface area contributed by atoms with Crippen molar-refractivity contribution in [2.75, 3.05) is 0 Å². The molecule has 0 aromatic rings. The second kappa shape index (κ2) is 2.26. The molecule has 48 valence electrons. The highest BCUT2D eigenvalue weighted by Crippen LogP contribution is 2.20. The topological polar surface area (TPSA) is 55.5 Å². The molecule has 4 nitrogen and oxygen atoms in total. The van der Waals surface area contributed by atoms with Crippen LogP contribution in [0.1, 0.15) is 6.42 Å².